The molecule has 0 atom stereocenters. The van der Waals surface area contributed by atoms with Crippen LogP contribution in [-0.4, -0.2) is 14.9 Å². The van der Waals surface area contributed by atoms with E-state index in [0.717, 1.165) is 22.0 Å². The van der Waals surface area contributed by atoms with Gasteiger partial charge in [0.1, 0.15) is 5.82 Å². The molecule has 27 heavy (non-hydrogen) atoms. The molecule has 0 saturated carbocycles. The molecule has 1 aromatic heterocycles. The zero-order valence-electron chi connectivity index (χ0n) is 14.4. The summed E-state index contributed by atoms with van der Waals surface area (Å²) in [6.07, 6.45) is 1.85. The van der Waals surface area contributed by atoms with Crippen molar-refractivity contribution >= 4 is 39.6 Å². The molecule has 1 heterocycles. The minimum atomic E-state index is -0.244. The van der Waals surface area contributed by atoms with Crippen LogP contribution in [0.4, 0.5) is 15.9 Å². The second kappa shape index (κ2) is 7.55. The summed E-state index contributed by atoms with van der Waals surface area (Å²) in [5, 5.41) is 13.5. The van der Waals surface area contributed by atoms with Gasteiger partial charge in [0.25, 0.3) is 0 Å². The van der Waals surface area contributed by atoms with Crippen molar-refractivity contribution in [1.82, 2.24) is 9.78 Å². The number of anilines is 2. The van der Waals surface area contributed by atoms with E-state index >= 15 is 0 Å². The summed E-state index contributed by atoms with van der Waals surface area (Å²) in [7, 11) is 0. The summed E-state index contributed by atoms with van der Waals surface area (Å²) < 4.78 is 14.8. The van der Waals surface area contributed by atoms with Gasteiger partial charge in [0.2, 0.25) is 0 Å². The minimum absolute atomic E-state index is 0.244. The molecule has 3 aromatic carbocycles. The maximum Gasteiger partial charge on any atom is 0.176 e. The van der Waals surface area contributed by atoms with Gasteiger partial charge >= 0.3 is 0 Å². The highest BCUT2D eigenvalue weighted by atomic mass is 32.1. The molecule has 0 bridgehead atoms. The van der Waals surface area contributed by atoms with E-state index in [4.69, 9.17) is 12.2 Å². The third-order valence-corrected chi connectivity index (χ3v) is 4.38. The molecule has 0 aliphatic carbocycles. The number of nitrogens with zero attached hydrogens (tertiary/aromatic N) is 2. The van der Waals surface area contributed by atoms with Gasteiger partial charge in [-0.05, 0) is 41.4 Å². The number of thiocarbonyl (C=S) groups is 1. The smallest absolute Gasteiger partial charge is 0.176 e. The van der Waals surface area contributed by atoms with Crippen LogP contribution in [0.25, 0.3) is 10.8 Å². The molecule has 4 nitrogen and oxygen atoms in total. The summed E-state index contributed by atoms with van der Waals surface area (Å²) in [6.45, 7) is 0.561. The van der Waals surface area contributed by atoms with Crippen molar-refractivity contribution in [3.05, 3.63) is 90.4 Å². The number of fused-ring (bicyclic) bond motifs is 1. The second-order valence-electron chi connectivity index (χ2n) is 6.13. The van der Waals surface area contributed by atoms with Crippen molar-refractivity contribution in [2.75, 3.05) is 10.6 Å². The molecule has 0 saturated heterocycles. The first-order valence-corrected chi connectivity index (χ1v) is 8.92. The van der Waals surface area contributed by atoms with Crippen molar-refractivity contribution in [2.24, 2.45) is 0 Å². The van der Waals surface area contributed by atoms with Crippen LogP contribution in [0.2, 0.25) is 0 Å². The van der Waals surface area contributed by atoms with E-state index in [1.54, 1.807) is 16.8 Å². The first-order chi connectivity index (χ1) is 13.2. The minimum Gasteiger partial charge on any atom is -0.332 e. The predicted octanol–water partition coefficient (Wildman–Crippen LogP) is 5.03. The van der Waals surface area contributed by atoms with Crippen LogP contribution >= 0.6 is 12.2 Å². The maximum absolute atomic E-state index is 13.0. The fourth-order valence-corrected chi connectivity index (χ4v) is 3.11. The molecular formula is C21H17FN4S. The second-order valence-corrected chi connectivity index (χ2v) is 6.54. The maximum atomic E-state index is 13.0. The van der Waals surface area contributed by atoms with Gasteiger partial charge < -0.3 is 10.6 Å². The molecule has 4 rings (SSSR count). The first kappa shape index (κ1) is 17.2. The van der Waals surface area contributed by atoms with Crippen LogP contribution in [0.3, 0.4) is 0 Å². The molecule has 0 amide bonds. The lowest BCUT2D eigenvalue weighted by Gasteiger charge is -2.11. The van der Waals surface area contributed by atoms with Gasteiger partial charge in [-0.25, -0.2) is 4.39 Å². The van der Waals surface area contributed by atoms with Crippen LogP contribution in [0, 0.1) is 5.82 Å². The summed E-state index contributed by atoms with van der Waals surface area (Å²) >= 11 is 5.42. The number of halogens is 1. The number of nitrogens with one attached hydrogen (secondary N) is 2. The normalized spacial score (nSPS) is 10.7. The molecule has 0 aliphatic rings. The lowest BCUT2D eigenvalue weighted by molar-refractivity contribution is 0.624. The largest absolute Gasteiger partial charge is 0.332 e. The molecule has 0 unspecified atom stereocenters. The van der Waals surface area contributed by atoms with E-state index in [9.17, 15) is 4.39 Å². The molecule has 0 spiro atoms. The fourth-order valence-electron chi connectivity index (χ4n) is 2.90. The fraction of sp³-hybridized carbons (Fsp3) is 0.0476. The van der Waals surface area contributed by atoms with E-state index in [-0.39, 0.29) is 5.82 Å². The van der Waals surface area contributed by atoms with E-state index in [1.807, 2.05) is 36.5 Å². The summed E-state index contributed by atoms with van der Waals surface area (Å²) in [6, 6.07) is 22.4. The molecule has 0 radical (unpaired) electrons. The lowest BCUT2D eigenvalue weighted by atomic mass is 10.1. The van der Waals surface area contributed by atoms with Crippen molar-refractivity contribution in [1.29, 1.82) is 0 Å². The number of hydrogen-bond acceptors (Lipinski definition) is 2. The van der Waals surface area contributed by atoms with Gasteiger partial charge in [0.05, 0.1) is 6.54 Å². The number of aromatic nitrogens is 2. The van der Waals surface area contributed by atoms with Crippen LogP contribution in [0.1, 0.15) is 5.56 Å². The summed E-state index contributed by atoms with van der Waals surface area (Å²) in [5.74, 6) is 0.404. The van der Waals surface area contributed by atoms with Crippen LogP contribution in [-0.2, 0) is 6.54 Å². The Labute approximate surface area is 161 Å². The molecule has 134 valence electrons. The number of hydrogen-bond donors (Lipinski definition) is 2. The van der Waals surface area contributed by atoms with Crippen LogP contribution in [0.15, 0.2) is 79.0 Å². The lowest BCUT2D eigenvalue weighted by Crippen LogP contribution is -2.19. The Balaban J connectivity index is 1.42. The molecule has 4 aromatic rings. The average molecular weight is 376 g/mol. The van der Waals surface area contributed by atoms with Crippen molar-refractivity contribution < 1.29 is 4.39 Å². The van der Waals surface area contributed by atoms with E-state index in [2.05, 4.69) is 33.9 Å². The molecule has 6 heteroatoms. The topological polar surface area (TPSA) is 41.9 Å². The van der Waals surface area contributed by atoms with Crippen molar-refractivity contribution in [2.45, 2.75) is 6.54 Å². The predicted molar refractivity (Wildman–Crippen MR) is 112 cm³/mol. The zero-order chi connectivity index (χ0) is 18.6. The monoisotopic (exact) mass is 376 g/mol. The Morgan fingerprint density at radius 3 is 2.56 bits per heavy atom. The molecular weight excluding hydrogens is 359 g/mol. The van der Waals surface area contributed by atoms with Gasteiger partial charge in [0, 0.05) is 23.3 Å². The zero-order valence-corrected chi connectivity index (χ0v) is 15.2. The standard InChI is InChI=1S/C21H17FN4S/c22-17-10-8-15(9-11-17)14-26-13-12-20(25-26)24-21(27)23-19-7-3-5-16-4-1-2-6-18(16)19/h1-13H,14H2,(H2,23,24,25,27). The highest BCUT2D eigenvalue weighted by molar-refractivity contribution is 7.80. The SMILES string of the molecule is Fc1ccc(Cn2ccc(NC(=S)Nc3cccc4ccccc34)n2)cc1. The van der Waals surface area contributed by atoms with E-state index in [1.165, 1.54) is 12.1 Å². The summed E-state index contributed by atoms with van der Waals surface area (Å²) in [4.78, 5) is 0. The van der Waals surface area contributed by atoms with Gasteiger partial charge in [-0.2, -0.15) is 5.10 Å². The van der Waals surface area contributed by atoms with Crippen LogP contribution in [0.5, 0.6) is 0 Å². The Morgan fingerprint density at radius 1 is 0.926 bits per heavy atom. The highest BCUT2D eigenvalue weighted by Crippen LogP contribution is 2.23. The quantitative estimate of drug-likeness (QED) is 0.490. The molecule has 2 N–H and O–H groups in total. The molecule has 0 aliphatic heterocycles. The average Bonchev–Trinajstić information content (AvgIpc) is 3.10. The van der Waals surface area contributed by atoms with E-state index < -0.39 is 0 Å². The Morgan fingerprint density at radius 2 is 1.70 bits per heavy atom. The number of rotatable bonds is 4. The summed E-state index contributed by atoms with van der Waals surface area (Å²) in [5.41, 5.74) is 1.92. The van der Waals surface area contributed by atoms with Gasteiger partial charge in [0.15, 0.2) is 10.9 Å². The Kier molecular flexibility index (Phi) is 4.80. The van der Waals surface area contributed by atoms with Gasteiger partial charge in [-0.1, -0.05) is 48.5 Å². The van der Waals surface area contributed by atoms with Crippen molar-refractivity contribution in [3.63, 3.8) is 0 Å². The van der Waals surface area contributed by atoms with Crippen molar-refractivity contribution in [3.8, 4) is 0 Å². The van der Waals surface area contributed by atoms with Gasteiger partial charge in [-0.15, -0.1) is 0 Å². The molecule has 0 fully saturated rings. The Bertz CT molecular complexity index is 1080. The van der Waals surface area contributed by atoms with Crippen LogP contribution < -0.4 is 10.6 Å². The first-order valence-electron chi connectivity index (χ1n) is 8.51. The highest BCUT2D eigenvalue weighted by Gasteiger charge is 2.05. The van der Waals surface area contributed by atoms with E-state index in [0.29, 0.717) is 17.5 Å². The number of benzene rings is 3. The van der Waals surface area contributed by atoms with Gasteiger partial charge in [-0.3, -0.25) is 4.68 Å². The third kappa shape index (κ3) is 4.12. The third-order valence-electron chi connectivity index (χ3n) is 4.18. The Hall–Kier alpha value is -3.25.